The second-order valence-corrected chi connectivity index (χ2v) is 6.96. The lowest BCUT2D eigenvalue weighted by Gasteiger charge is -2.25. The Morgan fingerprint density at radius 1 is 0.724 bits per heavy atom. The molecule has 2 aromatic heterocycles. The average molecular weight is 418 g/mol. The van der Waals surface area contributed by atoms with E-state index in [-0.39, 0.29) is 22.8 Å². The molecule has 0 saturated heterocycles. The molecule has 156 valence electrons. The summed E-state index contributed by atoms with van der Waals surface area (Å²) < 4.78 is 90.1. The Labute approximate surface area is 161 Å². The fourth-order valence-electron chi connectivity index (χ4n) is 3.61. The molecule has 0 radical (unpaired) electrons. The standard InChI is InChI=1S/C19H16F6N2O2/c1-9-13(5-11(7-28)26(9)3)15-16(14-6-12(8-29)27(4)10(14)2)18(22,23)19(24,25)17(15,20)21/h5-8H,1-4H3. The summed E-state index contributed by atoms with van der Waals surface area (Å²) in [5.41, 5.74) is -4.67. The lowest BCUT2D eigenvalue weighted by atomic mass is 9.95. The van der Waals surface area contributed by atoms with E-state index in [2.05, 4.69) is 0 Å². The average Bonchev–Trinajstić information content (AvgIpc) is 3.12. The molecule has 0 spiro atoms. The third-order valence-electron chi connectivity index (χ3n) is 5.59. The number of alkyl halides is 6. The minimum absolute atomic E-state index is 0.0584. The second-order valence-electron chi connectivity index (χ2n) is 6.96. The Kier molecular flexibility index (Phi) is 4.41. The molecule has 0 amide bonds. The van der Waals surface area contributed by atoms with Crippen molar-refractivity contribution in [3.05, 3.63) is 46.0 Å². The highest BCUT2D eigenvalue weighted by molar-refractivity contribution is 6.03. The maximum absolute atomic E-state index is 14.8. The molecule has 3 rings (SSSR count). The van der Waals surface area contributed by atoms with Crippen molar-refractivity contribution in [3.8, 4) is 0 Å². The summed E-state index contributed by atoms with van der Waals surface area (Å²) in [7, 11) is 2.65. The van der Waals surface area contributed by atoms with Crippen LogP contribution in [0.1, 0.15) is 43.5 Å². The predicted molar refractivity (Wildman–Crippen MR) is 92.7 cm³/mol. The van der Waals surface area contributed by atoms with Crippen LogP contribution in [0.5, 0.6) is 0 Å². The molecule has 29 heavy (non-hydrogen) atoms. The van der Waals surface area contributed by atoms with E-state index in [1.807, 2.05) is 0 Å². The van der Waals surface area contributed by atoms with E-state index < -0.39 is 40.0 Å². The van der Waals surface area contributed by atoms with E-state index in [9.17, 15) is 35.9 Å². The highest BCUT2D eigenvalue weighted by atomic mass is 19.3. The lowest BCUT2D eigenvalue weighted by molar-refractivity contribution is -0.254. The van der Waals surface area contributed by atoms with E-state index in [0.29, 0.717) is 12.6 Å². The normalized spacial score (nSPS) is 19.7. The molecule has 1 aliphatic rings. The highest BCUT2D eigenvalue weighted by Gasteiger charge is 2.80. The second kappa shape index (κ2) is 6.11. The topological polar surface area (TPSA) is 44.0 Å². The monoisotopic (exact) mass is 418 g/mol. The van der Waals surface area contributed by atoms with Gasteiger partial charge in [-0.2, -0.15) is 26.3 Å². The third kappa shape index (κ3) is 2.40. The number of aldehydes is 2. The van der Waals surface area contributed by atoms with Crippen LogP contribution in [0.2, 0.25) is 0 Å². The Morgan fingerprint density at radius 3 is 1.28 bits per heavy atom. The molecule has 0 aliphatic heterocycles. The van der Waals surface area contributed by atoms with Crippen molar-refractivity contribution < 1.29 is 35.9 Å². The summed E-state index contributed by atoms with van der Waals surface area (Å²) >= 11 is 0. The van der Waals surface area contributed by atoms with Crippen LogP contribution in [0.3, 0.4) is 0 Å². The van der Waals surface area contributed by atoms with Gasteiger partial charge in [-0.15, -0.1) is 0 Å². The lowest BCUT2D eigenvalue weighted by Crippen LogP contribution is -2.49. The first-order valence-electron chi connectivity index (χ1n) is 8.38. The summed E-state index contributed by atoms with van der Waals surface area (Å²) in [5, 5.41) is 0. The molecule has 0 aromatic carbocycles. The van der Waals surface area contributed by atoms with Gasteiger partial charge in [0.25, 0.3) is 0 Å². The summed E-state index contributed by atoms with van der Waals surface area (Å²) in [4.78, 5) is 22.3. The summed E-state index contributed by atoms with van der Waals surface area (Å²) in [5.74, 6) is -16.2. The van der Waals surface area contributed by atoms with Gasteiger partial charge in [0.1, 0.15) is 0 Å². The molecular weight excluding hydrogens is 402 g/mol. The Balaban J connectivity index is 2.52. The van der Waals surface area contributed by atoms with Crippen LogP contribution in [0, 0.1) is 13.8 Å². The summed E-state index contributed by atoms with van der Waals surface area (Å²) in [6.07, 6.45) is 0.608. The van der Waals surface area contributed by atoms with Crippen molar-refractivity contribution in [2.75, 3.05) is 0 Å². The number of carbonyl (C=O) groups is 2. The van der Waals surface area contributed by atoms with E-state index in [4.69, 9.17) is 0 Å². The fourth-order valence-corrected chi connectivity index (χ4v) is 3.61. The number of rotatable bonds is 4. The Morgan fingerprint density at radius 2 is 1.03 bits per heavy atom. The quantitative estimate of drug-likeness (QED) is 0.545. The number of hydrogen-bond donors (Lipinski definition) is 0. The number of halogens is 6. The van der Waals surface area contributed by atoms with Gasteiger partial charge in [0, 0.05) is 47.8 Å². The first-order chi connectivity index (χ1) is 13.3. The molecule has 10 heteroatoms. The molecule has 0 unspecified atom stereocenters. The number of carbonyl (C=O) groups excluding carboxylic acids is 2. The zero-order valence-corrected chi connectivity index (χ0v) is 15.8. The molecule has 0 atom stereocenters. The van der Waals surface area contributed by atoms with Crippen LogP contribution in [0.4, 0.5) is 26.3 Å². The van der Waals surface area contributed by atoms with Crippen molar-refractivity contribution in [1.29, 1.82) is 0 Å². The minimum atomic E-state index is -5.71. The van der Waals surface area contributed by atoms with Crippen LogP contribution < -0.4 is 0 Å². The smallest absolute Gasteiger partial charge is 0.345 e. The number of hydrogen-bond acceptors (Lipinski definition) is 2. The third-order valence-corrected chi connectivity index (χ3v) is 5.59. The molecule has 0 fully saturated rings. The maximum Gasteiger partial charge on any atom is 0.380 e. The van der Waals surface area contributed by atoms with Gasteiger partial charge >= 0.3 is 17.8 Å². The molecule has 0 N–H and O–H groups in total. The molecule has 2 aromatic rings. The van der Waals surface area contributed by atoms with E-state index in [1.54, 1.807) is 0 Å². The van der Waals surface area contributed by atoms with Crippen molar-refractivity contribution in [2.24, 2.45) is 14.1 Å². The number of allylic oxidation sites excluding steroid dienone is 2. The highest BCUT2D eigenvalue weighted by Crippen LogP contribution is 2.65. The van der Waals surface area contributed by atoms with Crippen LogP contribution in [0.15, 0.2) is 12.1 Å². The van der Waals surface area contributed by atoms with Crippen LogP contribution >= 0.6 is 0 Å². The number of aromatic nitrogens is 2. The van der Waals surface area contributed by atoms with Gasteiger partial charge in [0.15, 0.2) is 12.6 Å². The van der Waals surface area contributed by atoms with Gasteiger partial charge in [-0.1, -0.05) is 0 Å². The molecule has 0 saturated carbocycles. The Bertz CT molecular complexity index is 993. The fraction of sp³-hybridized carbons (Fsp3) is 0.368. The van der Waals surface area contributed by atoms with Gasteiger partial charge in [-0.3, -0.25) is 9.59 Å². The van der Waals surface area contributed by atoms with Gasteiger partial charge in [0.2, 0.25) is 0 Å². The molecule has 4 nitrogen and oxygen atoms in total. The molecule has 2 heterocycles. The number of nitrogens with zero attached hydrogens (tertiary/aromatic N) is 2. The van der Waals surface area contributed by atoms with Gasteiger partial charge in [0.05, 0.1) is 11.4 Å². The first-order valence-corrected chi connectivity index (χ1v) is 8.38. The van der Waals surface area contributed by atoms with Crippen LogP contribution in [-0.4, -0.2) is 39.5 Å². The largest absolute Gasteiger partial charge is 0.380 e. The maximum atomic E-state index is 14.8. The van der Waals surface area contributed by atoms with Gasteiger partial charge in [-0.05, 0) is 26.0 Å². The SMILES string of the molecule is Cc1c(C2=C(c3cc(C=O)n(C)c3C)C(F)(F)C(F)(F)C2(F)F)cc(C=O)n1C. The molecule has 0 bridgehead atoms. The Hall–Kier alpha value is -2.78. The zero-order chi connectivity index (χ0) is 22.1. The zero-order valence-electron chi connectivity index (χ0n) is 15.8. The van der Waals surface area contributed by atoms with Crippen molar-refractivity contribution >= 4 is 23.7 Å². The van der Waals surface area contributed by atoms with Crippen LogP contribution in [0.25, 0.3) is 11.1 Å². The molecular formula is C19H16F6N2O2. The van der Waals surface area contributed by atoms with E-state index >= 15 is 0 Å². The van der Waals surface area contributed by atoms with E-state index in [0.717, 1.165) is 21.3 Å². The summed E-state index contributed by atoms with van der Waals surface area (Å²) in [6.45, 7) is 2.51. The van der Waals surface area contributed by atoms with Gasteiger partial charge < -0.3 is 9.13 Å². The predicted octanol–water partition coefficient (Wildman–Crippen LogP) is 4.44. The van der Waals surface area contributed by atoms with E-state index in [1.165, 1.54) is 27.9 Å². The van der Waals surface area contributed by atoms with Crippen molar-refractivity contribution in [3.63, 3.8) is 0 Å². The van der Waals surface area contributed by atoms with Crippen molar-refractivity contribution in [2.45, 2.75) is 31.6 Å². The minimum Gasteiger partial charge on any atom is -0.345 e. The first kappa shape index (κ1) is 20.9. The van der Waals surface area contributed by atoms with Gasteiger partial charge in [-0.25, -0.2) is 0 Å². The summed E-state index contributed by atoms with van der Waals surface area (Å²) in [6, 6.07) is 1.75. The van der Waals surface area contributed by atoms with Crippen molar-refractivity contribution in [1.82, 2.24) is 9.13 Å². The molecule has 1 aliphatic carbocycles. The van der Waals surface area contributed by atoms with Crippen LogP contribution in [-0.2, 0) is 14.1 Å².